The van der Waals surface area contributed by atoms with E-state index < -0.39 is 45.8 Å². The van der Waals surface area contributed by atoms with E-state index in [9.17, 15) is 22.8 Å². The minimum atomic E-state index is -3.14. The number of benzene rings is 1. The van der Waals surface area contributed by atoms with Gasteiger partial charge in [0.05, 0.1) is 11.5 Å². The molecule has 2 atom stereocenters. The van der Waals surface area contributed by atoms with E-state index in [-0.39, 0.29) is 24.7 Å². The maximum atomic E-state index is 12.9. The minimum absolute atomic E-state index is 0.0225. The number of sulfone groups is 1. The lowest BCUT2D eigenvalue weighted by molar-refractivity contribution is -0.134. The fourth-order valence-corrected chi connectivity index (χ4v) is 5.47. The normalized spacial score (nSPS) is 27.2. The molecule has 10 nitrogen and oxygen atoms in total. The van der Waals surface area contributed by atoms with Crippen molar-refractivity contribution in [2.45, 2.75) is 31.3 Å². The van der Waals surface area contributed by atoms with Gasteiger partial charge in [-0.25, -0.2) is 13.2 Å². The average Bonchev–Trinajstić information content (AvgIpc) is 3.28. The summed E-state index contributed by atoms with van der Waals surface area (Å²) in [5.74, 6) is 0.00545. The quantitative estimate of drug-likeness (QED) is 0.615. The molecule has 3 aliphatic rings. The van der Waals surface area contributed by atoms with E-state index in [2.05, 4.69) is 10.6 Å². The molecule has 0 aliphatic carbocycles. The predicted octanol–water partition coefficient (Wildman–Crippen LogP) is -0.428. The van der Waals surface area contributed by atoms with Crippen molar-refractivity contribution < 1.29 is 32.3 Å². The number of fused-ring (bicyclic) bond motifs is 1. The Bertz CT molecular complexity index is 993. The maximum absolute atomic E-state index is 12.9. The van der Waals surface area contributed by atoms with Crippen LogP contribution in [0.25, 0.3) is 0 Å². The number of hydrogen-bond donors (Lipinski definition) is 2. The summed E-state index contributed by atoms with van der Waals surface area (Å²) in [5.41, 5.74) is -0.435. The van der Waals surface area contributed by atoms with Crippen LogP contribution in [0.1, 0.15) is 18.9 Å². The van der Waals surface area contributed by atoms with Gasteiger partial charge >= 0.3 is 6.03 Å². The molecule has 2 fully saturated rings. The van der Waals surface area contributed by atoms with Crippen LogP contribution in [0.5, 0.6) is 11.5 Å². The molecular formula is C18H21N3O7S. The predicted molar refractivity (Wildman–Crippen MR) is 100 cm³/mol. The largest absolute Gasteiger partial charge is 0.454 e. The molecule has 2 N–H and O–H groups in total. The first-order chi connectivity index (χ1) is 13.7. The van der Waals surface area contributed by atoms with E-state index in [1.165, 1.54) is 0 Å². The lowest BCUT2D eigenvalue weighted by Gasteiger charge is -2.22. The number of hydrogen-bond acceptors (Lipinski definition) is 7. The van der Waals surface area contributed by atoms with E-state index in [1.807, 2.05) is 0 Å². The molecule has 0 spiro atoms. The zero-order valence-electron chi connectivity index (χ0n) is 15.8. The van der Waals surface area contributed by atoms with Gasteiger partial charge in [-0.1, -0.05) is 6.07 Å². The first kappa shape index (κ1) is 19.5. The Balaban J connectivity index is 1.40. The van der Waals surface area contributed by atoms with Crippen LogP contribution >= 0.6 is 0 Å². The van der Waals surface area contributed by atoms with Crippen molar-refractivity contribution in [1.82, 2.24) is 15.5 Å². The molecule has 4 rings (SSSR count). The lowest BCUT2D eigenvalue weighted by Crippen LogP contribution is -2.47. The molecule has 0 saturated carbocycles. The smallest absolute Gasteiger partial charge is 0.325 e. The van der Waals surface area contributed by atoms with Crippen LogP contribution in [-0.2, 0) is 25.8 Å². The molecule has 0 radical (unpaired) electrons. The number of nitrogens with one attached hydrogen (secondary N) is 2. The van der Waals surface area contributed by atoms with Crippen LogP contribution in [-0.4, -0.2) is 67.6 Å². The van der Waals surface area contributed by atoms with Crippen LogP contribution in [0.2, 0.25) is 0 Å². The number of urea groups is 1. The van der Waals surface area contributed by atoms with E-state index in [0.717, 1.165) is 10.5 Å². The molecule has 2 saturated heterocycles. The van der Waals surface area contributed by atoms with Crippen LogP contribution in [0, 0.1) is 0 Å². The van der Waals surface area contributed by atoms with Gasteiger partial charge in [-0.2, -0.15) is 0 Å². The maximum Gasteiger partial charge on any atom is 0.325 e. The van der Waals surface area contributed by atoms with Crippen molar-refractivity contribution in [3.05, 3.63) is 23.8 Å². The zero-order chi connectivity index (χ0) is 20.8. The van der Waals surface area contributed by atoms with Gasteiger partial charge in [0.25, 0.3) is 5.91 Å². The molecule has 0 aromatic heterocycles. The van der Waals surface area contributed by atoms with Crippen molar-refractivity contribution >= 4 is 27.7 Å². The summed E-state index contributed by atoms with van der Waals surface area (Å²) in [6, 6.07) is 4.13. The average molecular weight is 423 g/mol. The highest BCUT2D eigenvalue weighted by Gasteiger charge is 2.48. The van der Waals surface area contributed by atoms with Gasteiger partial charge in [0.15, 0.2) is 21.3 Å². The first-order valence-electron chi connectivity index (χ1n) is 9.18. The molecule has 3 heterocycles. The van der Waals surface area contributed by atoms with Crippen LogP contribution in [0.3, 0.4) is 0 Å². The molecule has 0 unspecified atom stereocenters. The van der Waals surface area contributed by atoms with Crippen LogP contribution < -0.4 is 20.1 Å². The van der Waals surface area contributed by atoms with Gasteiger partial charge in [-0.3, -0.25) is 14.5 Å². The second-order valence-electron chi connectivity index (χ2n) is 7.69. The Morgan fingerprint density at radius 3 is 2.79 bits per heavy atom. The second-order valence-corrected chi connectivity index (χ2v) is 9.91. The molecule has 1 aromatic carbocycles. The third kappa shape index (κ3) is 3.86. The van der Waals surface area contributed by atoms with Crippen LogP contribution in [0.15, 0.2) is 18.2 Å². The molecule has 1 aromatic rings. The van der Waals surface area contributed by atoms with Gasteiger partial charge in [-0.05, 0) is 31.0 Å². The summed E-state index contributed by atoms with van der Waals surface area (Å²) in [6.45, 7) is 1.27. The fourth-order valence-electron chi connectivity index (χ4n) is 3.80. The third-order valence-electron chi connectivity index (χ3n) is 5.24. The highest BCUT2D eigenvalue weighted by Crippen LogP contribution is 2.34. The van der Waals surface area contributed by atoms with Crippen molar-refractivity contribution in [1.29, 1.82) is 0 Å². The summed E-state index contributed by atoms with van der Waals surface area (Å²) in [4.78, 5) is 38.3. The van der Waals surface area contributed by atoms with Gasteiger partial charge in [0.2, 0.25) is 12.7 Å². The number of carbonyl (C=O) groups is 3. The van der Waals surface area contributed by atoms with Crippen LogP contribution in [0.4, 0.5) is 4.79 Å². The van der Waals surface area contributed by atoms with Crippen molar-refractivity contribution in [2.75, 3.05) is 24.8 Å². The monoisotopic (exact) mass is 423 g/mol. The third-order valence-corrected chi connectivity index (χ3v) is 7.01. The minimum Gasteiger partial charge on any atom is -0.454 e. The number of nitrogens with zero attached hydrogens (tertiary/aromatic N) is 1. The van der Waals surface area contributed by atoms with Gasteiger partial charge < -0.3 is 20.1 Å². The number of rotatable bonds is 5. The van der Waals surface area contributed by atoms with E-state index in [4.69, 9.17) is 9.47 Å². The highest BCUT2D eigenvalue weighted by molar-refractivity contribution is 7.91. The van der Waals surface area contributed by atoms with E-state index in [1.54, 1.807) is 25.1 Å². The van der Waals surface area contributed by atoms with Crippen molar-refractivity contribution in [3.63, 3.8) is 0 Å². The Labute approximate surface area is 167 Å². The first-order valence-corrected chi connectivity index (χ1v) is 11.0. The SMILES string of the molecule is C[C@@]1(Cc2ccc3c(c2)OCO3)NC(=O)N(CC(=O)N[C@H]2CCS(=O)(=O)C2)C1=O. The number of carbonyl (C=O) groups excluding carboxylic acids is 3. The topological polar surface area (TPSA) is 131 Å². The van der Waals surface area contributed by atoms with Gasteiger partial charge in [0.1, 0.15) is 12.1 Å². The zero-order valence-corrected chi connectivity index (χ0v) is 16.6. The van der Waals surface area contributed by atoms with Gasteiger partial charge in [0, 0.05) is 12.5 Å². The molecule has 3 aliphatic heterocycles. The van der Waals surface area contributed by atoms with Crippen molar-refractivity contribution in [3.8, 4) is 11.5 Å². The number of ether oxygens (including phenoxy) is 2. The highest BCUT2D eigenvalue weighted by atomic mass is 32.2. The fraction of sp³-hybridized carbons (Fsp3) is 0.500. The summed E-state index contributed by atoms with van der Waals surface area (Å²) in [7, 11) is -3.14. The van der Waals surface area contributed by atoms with Gasteiger partial charge in [-0.15, -0.1) is 0 Å². The Hall–Kier alpha value is -2.82. The Morgan fingerprint density at radius 1 is 1.31 bits per heavy atom. The molecule has 29 heavy (non-hydrogen) atoms. The Kier molecular flexibility index (Phi) is 4.64. The number of imide groups is 1. The molecule has 4 amide bonds. The Morgan fingerprint density at radius 2 is 2.07 bits per heavy atom. The summed E-state index contributed by atoms with van der Waals surface area (Å²) in [6.07, 6.45) is 0.545. The molecule has 11 heteroatoms. The molecule has 0 bridgehead atoms. The van der Waals surface area contributed by atoms with Crippen molar-refractivity contribution in [2.24, 2.45) is 0 Å². The van der Waals surface area contributed by atoms with E-state index in [0.29, 0.717) is 17.9 Å². The summed E-state index contributed by atoms with van der Waals surface area (Å²) >= 11 is 0. The summed E-state index contributed by atoms with van der Waals surface area (Å²) in [5, 5.41) is 5.23. The van der Waals surface area contributed by atoms with E-state index >= 15 is 0 Å². The number of amides is 4. The molecular weight excluding hydrogens is 402 g/mol. The lowest BCUT2D eigenvalue weighted by atomic mass is 9.92. The summed E-state index contributed by atoms with van der Waals surface area (Å²) < 4.78 is 33.6. The standard InChI is InChI=1S/C18H21N3O7S/c1-18(7-11-2-3-13-14(6-11)28-10-27-13)16(23)21(17(24)20-18)8-15(22)19-12-4-5-29(25,26)9-12/h2-3,6,12H,4-5,7-10H2,1H3,(H,19,22)(H,20,24)/t12-,18-/m0/s1. The second kappa shape index (κ2) is 6.90. The molecule has 156 valence electrons.